The Morgan fingerprint density at radius 1 is 1.03 bits per heavy atom. The van der Waals surface area contributed by atoms with Gasteiger partial charge in [0, 0.05) is 30.9 Å². The highest BCUT2D eigenvalue weighted by Gasteiger charge is 2.16. The zero-order chi connectivity index (χ0) is 24.3. The van der Waals surface area contributed by atoms with Crippen molar-refractivity contribution in [2.75, 3.05) is 29.5 Å². The number of sulfonamides is 1. The second-order valence-electron chi connectivity index (χ2n) is 8.47. The quantitative estimate of drug-likeness (QED) is 0.437. The van der Waals surface area contributed by atoms with Gasteiger partial charge in [0.2, 0.25) is 10.0 Å². The van der Waals surface area contributed by atoms with Crippen LogP contribution in [0.5, 0.6) is 0 Å². The molecule has 5 nitrogen and oxygen atoms in total. The number of aryl methyl sites for hydroxylation is 2. The zero-order valence-electron chi connectivity index (χ0n) is 19.9. The molecule has 2 aromatic carbocycles. The van der Waals surface area contributed by atoms with Crippen molar-refractivity contribution < 1.29 is 12.8 Å². The van der Waals surface area contributed by atoms with Crippen molar-refractivity contribution >= 4 is 21.5 Å². The Hall–Kier alpha value is -3.19. The van der Waals surface area contributed by atoms with Gasteiger partial charge in [0.25, 0.3) is 0 Å². The smallest absolute Gasteiger partial charge is 0.231 e. The van der Waals surface area contributed by atoms with Crippen LogP contribution in [0.3, 0.4) is 0 Å². The molecule has 0 spiro atoms. The zero-order valence-corrected chi connectivity index (χ0v) is 20.7. The molecule has 1 heterocycles. The number of nitrogens with one attached hydrogen (secondary N) is 1. The number of hydrogen-bond donors (Lipinski definition) is 1. The van der Waals surface area contributed by atoms with Crippen LogP contribution in [0.4, 0.5) is 15.9 Å². The Balaban J connectivity index is 1.90. The molecule has 0 radical (unpaired) electrons. The van der Waals surface area contributed by atoms with Gasteiger partial charge in [-0.25, -0.2) is 17.8 Å². The molecular formula is C26H30FN3O2S. The lowest BCUT2D eigenvalue weighted by molar-refractivity contribution is 0.600. The van der Waals surface area contributed by atoms with Gasteiger partial charge in [-0.3, -0.25) is 4.31 Å². The van der Waals surface area contributed by atoms with Crippen LogP contribution in [0.2, 0.25) is 0 Å². The highest BCUT2D eigenvalue weighted by molar-refractivity contribution is 7.92. The molecule has 0 saturated heterocycles. The predicted molar refractivity (Wildman–Crippen MR) is 136 cm³/mol. The van der Waals surface area contributed by atoms with E-state index in [0.717, 1.165) is 50.7 Å². The molecule has 0 atom stereocenters. The fourth-order valence-electron chi connectivity index (χ4n) is 3.54. The summed E-state index contributed by atoms with van der Waals surface area (Å²) >= 11 is 0. The van der Waals surface area contributed by atoms with Gasteiger partial charge < -0.3 is 5.32 Å². The average Bonchev–Trinajstić information content (AvgIpc) is 2.74. The second kappa shape index (κ2) is 9.75. The van der Waals surface area contributed by atoms with E-state index in [9.17, 15) is 12.8 Å². The van der Waals surface area contributed by atoms with E-state index in [1.807, 2.05) is 44.3 Å². The van der Waals surface area contributed by atoms with Gasteiger partial charge in [0.15, 0.2) is 0 Å². The van der Waals surface area contributed by atoms with Crippen LogP contribution >= 0.6 is 0 Å². The van der Waals surface area contributed by atoms with E-state index in [2.05, 4.69) is 30.2 Å². The van der Waals surface area contributed by atoms with Crippen molar-refractivity contribution in [1.29, 1.82) is 0 Å². The molecule has 0 bridgehead atoms. The number of pyridine rings is 1. The maximum atomic E-state index is 15.0. The van der Waals surface area contributed by atoms with E-state index >= 15 is 0 Å². The highest BCUT2D eigenvalue weighted by atomic mass is 32.2. The van der Waals surface area contributed by atoms with E-state index in [1.54, 1.807) is 12.1 Å². The molecule has 1 N–H and O–H groups in total. The molecule has 174 valence electrons. The summed E-state index contributed by atoms with van der Waals surface area (Å²) in [5.41, 5.74) is 6.69. The first-order valence-electron chi connectivity index (χ1n) is 10.7. The van der Waals surface area contributed by atoms with E-state index < -0.39 is 15.8 Å². The number of aromatic nitrogens is 1. The Morgan fingerprint density at radius 3 is 2.27 bits per heavy atom. The number of benzene rings is 2. The lowest BCUT2D eigenvalue weighted by Gasteiger charge is -2.18. The van der Waals surface area contributed by atoms with Crippen molar-refractivity contribution in [2.45, 2.75) is 27.7 Å². The summed E-state index contributed by atoms with van der Waals surface area (Å²) in [6, 6.07) is 12.5. The molecule has 0 aliphatic heterocycles. The summed E-state index contributed by atoms with van der Waals surface area (Å²) in [5, 5.41) is 3.27. The van der Waals surface area contributed by atoms with Gasteiger partial charge in [0.05, 0.1) is 11.9 Å². The average molecular weight is 468 g/mol. The van der Waals surface area contributed by atoms with E-state index in [0.29, 0.717) is 5.56 Å². The molecule has 1 aromatic heterocycles. The van der Waals surface area contributed by atoms with Crippen LogP contribution in [0, 0.1) is 19.7 Å². The number of hydrogen-bond acceptors (Lipinski definition) is 4. The lowest BCUT2D eigenvalue weighted by Crippen LogP contribution is -2.24. The van der Waals surface area contributed by atoms with Crippen molar-refractivity contribution in [1.82, 2.24) is 4.98 Å². The summed E-state index contributed by atoms with van der Waals surface area (Å²) in [6.07, 6.45) is 5.03. The summed E-state index contributed by atoms with van der Waals surface area (Å²) in [4.78, 5) is 4.51. The van der Waals surface area contributed by atoms with Crippen LogP contribution in [0.15, 0.2) is 60.3 Å². The molecule has 0 saturated carbocycles. The van der Waals surface area contributed by atoms with Gasteiger partial charge in [-0.15, -0.1) is 0 Å². The molecule has 3 rings (SSSR count). The van der Waals surface area contributed by atoms with Crippen molar-refractivity contribution in [3.63, 3.8) is 0 Å². The Labute approximate surface area is 196 Å². The maximum Gasteiger partial charge on any atom is 0.231 e. The first kappa shape index (κ1) is 24.5. The third kappa shape index (κ3) is 5.79. The topological polar surface area (TPSA) is 62.3 Å². The standard InChI is InChI=1S/C26H30FN3O2S/c1-17(2)11-12-28-26-10-7-20(16-29-26)23-13-19(4)24(14-18(23)3)22-9-8-21(15-25(22)27)30(5)33(6,31)32/h7-11,13-16H,12H2,1-6H3,(H,28,29). The summed E-state index contributed by atoms with van der Waals surface area (Å²) in [5.74, 6) is 0.343. The van der Waals surface area contributed by atoms with E-state index in [1.165, 1.54) is 18.7 Å². The molecule has 0 aliphatic rings. The summed E-state index contributed by atoms with van der Waals surface area (Å²) < 4.78 is 39.6. The second-order valence-corrected chi connectivity index (χ2v) is 10.5. The van der Waals surface area contributed by atoms with Gasteiger partial charge in [-0.05, 0) is 80.3 Å². The molecular weight excluding hydrogens is 437 g/mol. The number of anilines is 2. The van der Waals surface area contributed by atoms with Gasteiger partial charge >= 0.3 is 0 Å². The van der Waals surface area contributed by atoms with Crippen LogP contribution in [-0.2, 0) is 10.0 Å². The van der Waals surface area contributed by atoms with Gasteiger partial charge in [-0.1, -0.05) is 23.8 Å². The number of allylic oxidation sites excluding steroid dienone is 1. The number of halogens is 1. The summed E-state index contributed by atoms with van der Waals surface area (Å²) in [6.45, 7) is 8.77. The normalized spacial score (nSPS) is 11.2. The van der Waals surface area contributed by atoms with Crippen molar-refractivity contribution in [2.24, 2.45) is 0 Å². The minimum absolute atomic E-state index is 0.286. The highest BCUT2D eigenvalue weighted by Crippen LogP contribution is 2.34. The minimum Gasteiger partial charge on any atom is -0.367 e. The minimum atomic E-state index is -3.46. The maximum absolute atomic E-state index is 15.0. The first-order chi connectivity index (χ1) is 15.5. The third-order valence-electron chi connectivity index (χ3n) is 5.54. The number of rotatable bonds is 7. The van der Waals surface area contributed by atoms with E-state index in [4.69, 9.17) is 0 Å². The fourth-order valence-corrected chi connectivity index (χ4v) is 4.04. The summed E-state index contributed by atoms with van der Waals surface area (Å²) in [7, 11) is -2.05. The van der Waals surface area contributed by atoms with Gasteiger partial charge in [-0.2, -0.15) is 0 Å². The van der Waals surface area contributed by atoms with Crippen LogP contribution in [-0.4, -0.2) is 33.2 Å². The van der Waals surface area contributed by atoms with Crippen molar-refractivity contribution in [3.8, 4) is 22.3 Å². The lowest BCUT2D eigenvalue weighted by atomic mass is 9.92. The Kier molecular flexibility index (Phi) is 7.22. The predicted octanol–water partition coefficient (Wildman–Crippen LogP) is 5.95. The first-order valence-corrected chi connectivity index (χ1v) is 12.5. The molecule has 0 unspecified atom stereocenters. The van der Waals surface area contributed by atoms with Crippen molar-refractivity contribution in [3.05, 3.63) is 77.3 Å². The van der Waals surface area contributed by atoms with E-state index in [-0.39, 0.29) is 5.69 Å². The van der Waals surface area contributed by atoms with Crippen LogP contribution in [0.1, 0.15) is 25.0 Å². The Bertz CT molecular complexity index is 1300. The Morgan fingerprint density at radius 2 is 1.70 bits per heavy atom. The fraction of sp³-hybridized carbons (Fsp3) is 0.269. The largest absolute Gasteiger partial charge is 0.367 e. The molecule has 3 aromatic rings. The SMILES string of the molecule is CC(C)=CCNc1ccc(-c2cc(C)c(-c3ccc(N(C)S(C)(=O)=O)cc3F)cc2C)cn1. The number of nitrogens with zero attached hydrogens (tertiary/aromatic N) is 2. The molecule has 0 fully saturated rings. The van der Waals surface area contributed by atoms with Crippen LogP contribution in [0.25, 0.3) is 22.3 Å². The van der Waals surface area contributed by atoms with Crippen LogP contribution < -0.4 is 9.62 Å². The third-order valence-corrected chi connectivity index (χ3v) is 6.75. The van der Waals surface area contributed by atoms with Gasteiger partial charge in [0.1, 0.15) is 11.6 Å². The monoisotopic (exact) mass is 467 g/mol. The molecule has 0 amide bonds. The molecule has 7 heteroatoms. The molecule has 0 aliphatic carbocycles. The molecule has 33 heavy (non-hydrogen) atoms.